The van der Waals surface area contributed by atoms with Gasteiger partial charge in [0.1, 0.15) is 5.02 Å². The number of para-hydroxylation sites is 1. The number of hydrogen-bond donors (Lipinski definition) is 1. The number of hydrogen-bond acceptors (Lipinski definition) is 5. The quantitative estimate of drug-likeness (QED) is 0.624. The van der Waals surface area contributed by atoms with Crippen LogP contribution in [0.3, 0.4) is 0 Å². The molecule has 3 aromatic rings. The Balaban J connectivity index is 1.35. The Morgan fingerprint density at radius 1 is 1.03 bits per heavy atom. The molecule has 1 N–H and O–H groups in total. The molecule has 1 aromatic heterocycles. The molecule has 0 bridgehead atoms. The fraction of sp³-hybridized carbons (Fsp3) is 0.250. The van der Waals surface area contributed by atoms with Crippen molar-refractivity contribution in [2.45, 2.75) is 6.92 Å². The van der Waals surface area contributed by atoms with Crippen LogP contribution in [0.5, 0.6) is 0 Å². The third kappa shape index (κ3) is 5.06. The third-order valence-electron chi connectivity index (χ3n) is 5.55. The van der Waals surface area contributed by atoms with E-state index in [1.165, 1.54) is 4.68 Å². The molecule has 1 fully saturated rings. The number of benzene rings is 2. The molecule has 8 nitrogen and oxygen atoms in total. The van der Waals surface area contributed by atoms with Crippen molar-refractivity contribution in [2.75, 3.05) is 37.6 Å². The summed E-state index contributed by atoms with van der Waals surface area (Å²) in [4.78, 5) is 41.2. The van der Waals surface area contributed by atoms with Crippen molar-refractivity contribution in [3.05, 3.63) is 87.3 Å². The summed E-state index contributed by atoms with van der Waals surface area (Å²) in [6, 6.07) is 16.3. The molecule has 1 aliphatic rings. The average Bonchev–Trinajstić information content (AvgIpc) is 2.84. The van der Waals surface area contributed by atoms with Crippen LogP contribution in [0.2, 0.25) is 5.02 Å². The summed E-state index contributed by atoms with van der Waals surface area (Å²) in [6.45, 7) is 3.77. The second kappa shape index (κ2) is 9.87. The number of halogens is 1. The summed E-state index contributed by atoms with van der Waals surface area (Å²) >= 11 is 6.39. The van der Waals surface area contributed by atoms with E-state index in [-0.39, 0.29) is 23.4 Å². The van der Waals surface area contributed by atoms with Crippen LogP contribution >= 0.6 is 11.6 Å². The number of aryl methyl sites for hydroxylation is 1. The highest BCUT2D eigenvalue weighted by atomic mass is 35.5. The van der Waals surface area contributed by atoms with Crippen molar-refractivity contribution in [3.8, 4) is 5.69 Å². The largest absolute Gasteiger partial charge is 0.365 e. The highest BCUT2D eigenvalue weighted by molar-refractivity contribution is 6.33. The van der Waals surface area contributed by atoms with Gasteiger partial charge in [0.15, 0.2) is 0 Å². The minimum atomic E-state index is -0.391. The van der Waals surface area contributed by atoms with Crippen molar-refractivity contribution in [2.24, 2.45) is 0 Å². The Labute approximate surface area is 196 Å². The van der Waals surface area contributed by atoms with Crippen molar-refractivity contribution >= 4 is 29.1 Å². The summed E-state index contributed by atoms with van der Waals surface area (Å²) in [5, 5.41) is 7.05. The molecular weight excluding hydrogens is 442 g/mol. The van der Waals surface area contributed by atoms with Crippen LogP contribution in [0.15, 0.2) is 65.6 Å². The van der Waals surface area contributed by atoms with Crippen LogP contribution in [0.25, 0.3) is 5.69 Å². The topological polar surface area (TPSA) is 87.5 Å². The summed E-state index contributed by atoms with van der Waals surface area (Å²) < 4.78 is 1.27. The number of piperazine rings is 1. The fourth-order valence-corrected chi connectivity index (χ4v) is 4.00. The number of nitrogens with one attached hydrogen (secondary N) is 1. The summed E-state index contributed by atoms with van der Waals surface area (Å²) in [5.74, 6) is -0.429. The van der Waals surface area contributed by atoms with Crippen molar-refractivity contribution in [3.63, 3.8) is 0 Å². The van der Waals surface area contributed by atoms with Gasteiger partial charge in [-0.05, 0) is 31.2 Å². The van der Waals surface area contributed by atoms with Gasteiger partial charge in [0.25, 0.3) is 11.5 Å². The molecule has 9 heteroatoms. The molecule has 2 heterocycles. The van der Waals surface area contributed by atoms with Crippen molar-refractivity contribution in [1.29, 1.82) is 0 Å². The molecule has 2 aromatic carbocycles. The molecule has 33 heavy (non-hydrogen) atoms. The molecule has 4 rings (SSSR count). The molecule has 1 saturated heterocycles. The van der Waals surface area contributed by atoms with Crippen LogP contribution in [0.1, 0.15) is 15.9 Å². The average molecular weight is 466 g/mol. The van der Waals surface area contributed by atoms with Gasteiger partial charge in [-0.3, -0.25) is 14.4 Å². The fourth-order valence-electron chi connectivity index (χ4n) is 3.75. The zero-order valence-corrected chi connectivity index (χ0v) is 19.0. The lowest BCUT2D eigenvalue weighted by molar-refractivity contribution is -0.130. The molecular formula is C24H24ClN5O3. The molecule has 0 aliphatic carbocycles. The maximum absolute atomic E-state index is 12.7. The number of amides is 2. The Morgan fingerprint density at radius 2 is 1.76 bits per heavy atom. The second-order valence-corrected chi connectivity index (χ2v) is 8.19. The maximum atomic E-state index is 12.7. The number of nitrogens with zero attached hydrogens (tertiary/aromatic N) is 4. The van der Waals surface area contributed by atoms with E-state index in [0.29, 0.717) is 43.1 Å². The van der Waals surface area contributed by atoms with E-state index in [0.717, 1.165) is 5.56 Å². The first-order chi connectivity index (χ1) is 15.9. The number of aromatic nitrogens is 2. The van der Waals surface area contributed by atoms with E-state index >= 15 is 0 Å². The van der Waals surface area contributed by atoms with Crippen LogP contribution in [0, 0.1) is 6.92 Å². The van der Waals surface area contributed by atoms with E-state index in [2.05, 4.69) is 10.4 Å². The standard InChI is InChI=1S/C24H24ClN5O3/c1-17-6-5-7-18(14-17)23(32)26-16-21(31)29-12-10-28(11-13-29)20-15-27-30(24(33)22(20)25)19-8-3-2-4-9-19/h2-9,14-15H,10-13,16H2,1H3,(H,26,32). The lowest BCUT2D eigenvalue weighted by atomic mass is 10.1. The lowest BCUT2D eigenvalue weighted by Crippen LogP contribution is -2.51. The van der Waals surface area contributed by atoms with E-state index in [4.69, 9.17) is 11.6 Å². The van der Waals surface area contributed by atoms with Gasteiger partial charge in [-0.2, -0.15) is 9.78 Å². The predicted molar refractivity (Wildman–Crippen MR) is 127 cm³/mol. The third-order valence-corrected chi connectivity index (χ3v) is 5.91. The van der Waals surface area contributed by atoms with Crippen LogP contribution < -0.4 is 15.8 Å². The highest BCUT2D eigenvalue weighted by Crippen LogP contribution is 2.23. The first-order valence-electron chi connectivity index (χ1n) is 10.6. The van der Waals surface area contributed by atoms with Crippen LogP contribution in [-0.2, 0) is 4.79 Å². The summed E-state index contributed by atoms with van der Waals surface area (Å²) in [6.07, 6.45) is 1.58. The van der Waals surface area contributed by atoms with Crippen LogP contribution in [-0.4, -0.2) is 59.2 Å². The molecule has 170 valence electrons. The lowest BCUT2D eigenvalue weighted by Gasteiger charge is -2.36. The monoisotopic (exact) mass is 465 g/mol. The number of carbonyl (C=O) groups is 2. The number of carbonyl (C=O) groups excluding carboxylic acids is 2. The Kier molecular flexibility index (Phi) is 6.74. The van der Waals surface area contributed by atoms with Crippen molar-refractivity contribution < 1.29 is 9.59 Å². The highest BCUT2D eigenvalue weighted by Gasteiger charge is 2.24. The number of rotatable bonds is 5. The minimum absolute atomic E-state index is 0.0673. The SMILES string of the molecule is Cc1cccc(C(=O)NCC(=O)N2CCN(c3cnn(-c4ccccc4)c(=O)c3Cl)CC2)c1. The molecule has 0 saturated carbocycles. The zero-order chi connectivity index (χ0) is 23.4. The van der Waals surface area contributed by atoms with Gasteiger partial charge in [0.2, 0.25) is 5.91 Å². The second-order valence-electron chi connectivity index (χ2n) is 7.82. The van der Waals surface area contributed by atoms with Gasteiger partial charge < -0.3 is 15.1 Å². The van der Waals surface area contributed by atoms with E-state index < -0.39 is 5.56 Å². The van der Waals surface area contributed by atoms with E-state index in [1.807, 2.05) is 42.2 Å². The molecule has 1 aliphatic heterocycles. The maximum Gasteiger partial charge on any atom is 0.292 e. The molecule has 0 atom stereocenters. The van der Waals surface area contributed by atoms with Gasteiger partial charge in [0, 0.05) is 31.7 Å². The Morgan fingerprint density at radius 3 is 2.45 bits per heavy atom. The van der Waals surface area contributed by atoms with Gasteiger partial charge in [-0.25, -0.2) is 0 Å². The normalized spacial score (nSPS) is 13.6. The molecule has 0 radical (unpaired) electrons. The van der Waals surface area contributed by atoms with Gasteiger partial charge in [-0.1, -0.05) is 47.5 Å². The predicted octanol–water partition coefficient (Wildman–Crippen LogP) is 2.27. The minimum Gasteiger partial charge on any atom is -0.365 e. The molecule has 0 unspecified atom stereocenters. The zero-order valence-electron chi connectivity index (χ0n) is 18.2. The Hall–Kier alpha value is -3.65. The van der Waals surface area contributed by atoms with Gasteiger partial charge in [0.05, 0.1) is 24.1 Å². The first-order valence-corrected chi connectivity index (χ1v) is 11.0. The van der Waals surface area contributed by atoms with E-state index in [1.54, 1.807) is 35.4 Å². The van der Waals surface area contributed by atoms with E-state index in [9.17, 15) is 14.4 Å². The molecule has 0 spiro atoms. The number of anilines is 1. The van der Waals surface area contributed by atoms with Crippen molar-refractivity contribution in [1.82, 2.24) is 20.0 Å². The Bertz CT molecular complexity index is 1220. The summed E-state index contributed by atoms with van der Waals surface area (Å²) in [5.41, 5.74) is 2.31. The first kappa shape index (κ1) is 22.5. The van der Waals surface area contributed by atoms with Crippen LogP contribution in [0.4, 0.5) is 5.69 Å². The molecule has 2 amide bonds. The van der Waals surface area contributed by atoms with Gasteiger partial charge in [-0.15, -0.1) is 0 Å². The summed E-state index contributed by atoms with van der Waals surface area (Å²) in [7, 11) is 0. The van der Waals surface area contributed by atoms with Gasteiger partial charge >= 0.3 is 0 Å². The smallest absolute Gasteiger partial charge is 0.292 e.